The second kappa shape index (κ2) is 8.90. The van der Waals surface area contributed by atoms with Crippen LogP contribution in [-0.2, 0) is 16.6 Å². The average molecular weight is 479 g/mol. The van der Waals surface area contributed by atoms with Crippen molar-refractivity contribution in [3.63, 3.8) is 0 Å². The van der Waals surface area contributed by atoms with Crippen molar-refractivity contribution in [1.82, 2.24) is 4.57 Å². The summed E-state index contributed by atoms with van der Waals surface area (Å²) in [6.45, 7) is 3.94. The second-order valence-electron chi connectivity index (χ2n) is 6.36. The Bertz CT molecular complexity index is 1420. The average Bonchev–Trinajstić information content (AvgIpc) is 3.08. The maximum Gasteiger partial charge on any atom is 0.286 e. The molecule has 1 aromatic heterocycles. The maximum absolute atomic E-state index is 13.0. The van der Waals surface area contributed by atoms with Gasteiger partial charge >= 0.3 is 0 Å². The molecule has 0 radical (unpaired) electrons. The number of thiazole rings is 1. The van der Waals surface area contributed by atoms with Crippen LogP contribution in [0.5, 0.6) is 11.5 Å². The van der Waals surface area contributed by atoms with E-state index in [0.29, 0.717) is 10.2 Å². The lowest BCUT2D eigenvalue weighted by Crippen LogP contribution is -2.17. The van der Waals surface area contributed by atoms with Crippen molar-refractivity contribution < 1.29 is 27.6 Å². The summed E-state index contributed by atoms with van der Waals surface area (Å²) in [5.41, 5.74) is -0.194. The number of nitro groups is 1. The first-order valence-electron chi connectivity index (χ1n) is 8.87. The van der Waals surface area contributed by atoms with E-state index in [-0.39, 0.29) is 33.3 Å². The van der Waals surface area contributed by atoms with E-state index in [1.807, 2.05) is 0 Å². The third kappa shape index (κ3) is 4.39. The predicted molar refractivity (Wildman–Crippen MR) is 117 cm³/mol. The van der Waals surface area contributed by atoms with Crippen LogP contribution < -0.4 is 19.4 Å². The molecule has 0 unspecified atom stereocenters. The molecule has 13 heteroatoms. The molecule has 0 aliphatic rings. The summed E-state index contributed by atoms with van der Waals surface area (Å²) in [4.78, 5) is 27.9. The Morgan fingerprint density at radius 2 is 1.94 bits per heavy atom. The molecule has 0 fully saturated rings. The highest BCUT2D eigenvalue weighted by atomic mass is 32.2. The van der Waals surface area contributed by atoms with Gasteiger partial charge in [0, 0.05) is 12.6 Å². The lowest BCUT2D eigenvalue weighted by Gasteiger charge is -2.08. The van der Waals surface area contributed by atoms with Crippen molar-refractivity contribution >= 4 is 43.2 Å². The summed E-state index contributed by atoms with van der Waals surface area (Å²) in [5, 5.41) is 16.7. The first-order chi connectivity index (χ1) is 15.1. The first kappa shape index (κ1) is 23.1. The Kier molecular flexibility index (Phi) is 6.43. The fourth-order valence-corrected chi connectivity index (χ4v) is 4.65. The Hall–Kier alpha value is -3.55. The fourth-order valence-electron chi connectivity index (χ4n) is 2.96. The van der Waals surface area contributed by atoms with Gasteiger partial charge in [0.15, 0.2) is 16.3 Å². The molecule has 0 spiro atoms. The van der Waals surface area contributed by atoms with Crippen molar-refractivity contribution in [2.75, 3.05) is 14.2 Å². The molecule has 32 heavy (non-hydrogen) atoms. The second-order valence-corrected chi connectivity index (χ2v) is 8.93. The molecule has 2 N–H and O–H groups in total. The van der Waals surface area contributed by atoms with Gasteiger partial charge in [-0.15, -0.1) is 6.58 Å². The molecule has 0 saturated carbocycles. The normalized spacial score (nSPS) is 12.0. The Morgan fingerprint density at radius 3 is 2.50 bits per heavy atom. The number of methoxy groups -OCH3 is 2. The number of sulfonamides is 1. The Balaban J connectivity index is 2.24. The Labute approximate surface area is 186 Å². The number of hydrogen-bond donors (Lipinski definition) is 1. The summed E-state index contributed by atoms with van der Waals surface area (Å²) in [6.07, 6.45) is 1.57. The van der Waals surface area contributed by atoms with Gasteiger partial charge in [-0.25, -0.2) is 13.6 Å². The van der Waals surface area contributed by atoms with E-state index in [9.17, 15) is 23.3 Å². The summed E-state index contributed by atoms with van der Waals surface area (Å²) in [6, 6.07) is 6.53. The summed E-state index contributed by atoms with van der Waals surface area (Å²) in [5.74, 6) is -0.659. The van der Waals surface area contributed by atoms with Crippen LogP contribution in [0.3, 0.4) is 0 Å². The zero-order valence-electron chi connectivity index (χ0n) is 17.0. The topological polar surface area (TPSA) is 156 Å². The standard InChI is InChI=1S/C19H18N4O7S2/c1-4-7-22-13-6-5-11(32(20,27)28)8-17(13)31-19(22)21-18(24)12-9-15(29-2)16(30-3)10-14(12)23(25)26/h4-6,8-10H,1,7H2,2-3H3,(H2,20,27,28). The molecule has 3 rings (SSSR count). The largest absolute Gasteiger partial charge is 0.493 e. The molecule has 11 nitrogen and oxygen atoms in total. The summed E-state index contributed by atoms with van der Waals surface area (Å²) < 4.78 is 35.7. The van der Waals surface area contributed by atoms with Crippen molar-refractivity contribution in [1.29, 1.82) is 0 Å². The first-order valence-corrected chi connectivity index (χ1v) is 11.2. The zero-order chi connectivity index (χ0) is 23.6. The van der Waals surface area contributed by atoms with Crippen LogP contribution >= 0.6 is 11.3 Å². The van der Waals surface area contributed by atoms with E-state index in [1.54, 1.807) is 10.6 Å². The highest BCUT2D eigenvalue weighted by Gasteiger charge is 2.25. The van der Waals surface area contributed by atoms with Gasteiger partial charge in [-0.3, -0.25) is 14.9 Å². The number of amides is 1. The molecule has 2 aromatic carbocycles. The van der Waals surface area contributed by atoms with Gasteiger partial charge in [-0.1, -0.05) is 17.4 Å². The zero-order valence-corrected chi connectivity index (χ0v) is 18.6. The molecule has 0 aliphatic heterocycles. The van der Waals surface area contributed by atoms with Crippen molar-refractivity contribution in [3.05, 3.63) is 63.5 Å². The van der Waals surface area contributed by atoms with Crippen LogP contribution in [0, 0.1) is 10.1 Å². The highest BCUT2D eigenvalue weighted by Crippen LogP contribution is 2.34. The van der Waals surface area contributed by atoms with Crippen LogP contribution in [0.2, 0.25) is 0 Å². The van der Waals surface area contributed by atoms with Gasteiger partial charge in [-0.2, -0.15) is 4.99 Å². The minimum absolute atomic E-state index is 0.0922. The number of primary sulfonamides is 1. The van der Waals surface area contributed by atoms with E-state index >= 15 is 0 Å². The van der Waals surface area contributed by atoms with E-state index in [2.05, 4.69) is 11.6 Å². The van der Waals surface area contributed by atoms with Gasteiger partial charge in [0.25, 0.3) is 11.6 Å². The quantitative estimate of drug-likeness (QED) is 0.310. The van der Waals surface area contributed by atoms with E-state index in [4.69, 9.17) is 14.6 Å². The number of ether oxygens (including phenoxy) is 2. The van der Waals surface area contributed by atoms with Gasteiger partial charge < -0.3 is 14.0 Å². The number of rotatable bonds is 7. The van der Waals surface area contributed by atoms with Gasteiger partial charge in [-0.05, 0) is 18.2 Å². The number of fused-ring (bicyclic) bond motifs is 1. The maximum atomic E-state index is 13.0. The minimum Gasteiger partial charge on any atom is -0.493 e. The van der Waals surface area contributed by atoms with Crippen LogP contribution in [0.4, 0.5) is 5.69 Å². The highest BCUT2D eigenvalue weighted by molar-refractivity contribution is 7.89. The number of benzene rings is 2. The minimum atomic E-state index is -3.93. The lowest BCUT2D eigenvalue weighted by molar-refractivity contribution is -0.385. The summed E-state index contributed by atoms with van der Waals surface area (Å²) in [7, 11) is -1.27. The van der Waals surface area contributed by atoms with Crippen molar-refractivity contribution in [3.8, 4) is 11.5 Å². The number of aromatic nitrogens is 1. The molecule has 1 amide bonds. The SMILES string of the molecule is C=CCn1c(=NC(=O)c2cc(OC)c(OC)cc2[N+](=O)[O-])sc2cc(S(N)(=O)=O)ccc21. The van der Waals surface area contributed by atoms with Crippen LogP contribution in [0.25, 0.3) is 10.2 Å². The van der Waals surface area contributed by atoms with Gasteiger partial charge in [0.05, 0.1) is 40.3 Å². The molecule has 0 aliphatic carbocycles. The number of carbonyl (C=O) groups excluding carboxylic acids is 1. The number of nitrogens with zero attached hydrogens (tertiary/aromatic N) is 3. The molecular weight excluding hydrogens is 460 g/mol. The van der Waals surface area contributed by atoms with E-state index in [1.165, 1.54) is 38.5 Å². The van der Waals surface area contributed by atoms with Gasteiger partial charge in [0.1, 0.15) is 5.56 Å². The van der Waals surface area contributed by atoms with Crippen LogP contribution in [0.1, 0.15) is 10.4 Å². The number of carbonyl (C=O) groups is 1. The third-order valence-corrected chi connectivity index (χ3v) is 6.37. The smallest absolute Gasteiger partial charge is 0.286 e. The number of allylic oxidation sites excluding steroid dienone is 1. The van der Waals surface area contributed by atoms with Crippen LogP contribution in [-0.4, -0.2) is 38.0 Å². The van der Waals surface area contributed by atoms with Crippen molar-refractivity contribution in [2.45, 2.75) is 11.4 Å². The number of hydrogen-bond acceptors (Lipinski definition) is 8. The number of nitrogens with two attached hydrogens (primary N) is 1. The van der Waals surface area contributed by atoms with E-state index in [0.717, 1.165) is 17.4 Å². The van der Waals surface area contributed by atoms with Crippen molar-refractivity contribution in [2.24, 2.45) is 10.1 Å². The molecule has 168 valence electrons. The third-order valence-electron chi connectivity index (χ3n) is 4.42. The molecule has 0 atom stereocenters. The van der Waals surface area contributed by atoms with Gasteiger partial charge in [0.2, 0.25) is 10.0 Å². The molecule has 0 saturated heterocycles. The van der Waals surface area contributed by atoms with Crippen LogP contribution in [0.15, 0.2) is 52.9 Å². The fraction of sp³-hybridized carbons (Fsp3) is 0.158. The predicted octanol–water partition coefficient (Wildman–Crippen LogP) is 2.20. The lowest BCUT2D eigenvalue weighted by atomic mass is 10.1. The molecular formula is C19H18N4O7S2. The monoisotopic (exact) mass is 478 g/mol. The number of nitro benzene ring substituents is 1. The molecule has 1 heterocycles. The molecule has 3 aromatic rings. The molecule has 0 bridgehead atoms. The van der Waals surface area contributed by atoms with E-state index < -0.39 is 26.5 Å². The Morgan fingerprint density at radius 1 is 1.28 bits per heavy atom. The summed E-state index contributed by atoms with van der Waals surface area (Å²) >= 11 is 1.03.